The number of carbonyl (C=O) groups excluding carboxylic acids is 3. The smallest absolute Gasteiger partial charge is 0.310 e. The number of ether oxygens (including phenoxy) is 3. The van der Waals surface area contributed by atoms with E-state index < -0.39 is 12.1 Å². The number of hydrogen-bond donors (Lipinski definition) is 0. The van der Waals surface area contributed by atoms with Crippen molar-refractivity contribution >= 4 is 17.9 Å². The molecule has 0 aromatic rings. The van der Waals surface area contributed by atoms with Gasteiger partial charge in [-0.25, -0.2) is 0 Å². The van der Waals surface area contributed by atoms with E-state index in [0.29, 0.717) is 12.8 Å². The molecular formula is C60H106O6. The van der Waals surface area contributed by atoms with Gasteiger partial charge >= 0.3 is 17.9 Å². The lowest BCUT2D eigenvalue weighted by Crippen LogP contribution is -2.30. The molecule has 6 heteroatoms. The van der Waals surface area contributed by atoms with Crippen molar-refractivity contribution in [2.45, 2.75) is 290 Å². The fourth-order valence-corrected chi connectivity index (χ4v) is 8.11. The summed E-state index contributed by atoms with van der Waals surface area (Å²) >= 11 is 0. The van der Waals surface area contributed by atoms with Crippen LogP contribution in [0.3, 0.4) is 0 Å². The molecule has 0 spiro atoms. The first-order chi connectivity index (χ1) is 32.5. The fraction of sp³-hybridized carbons (Fsp3) is 0.783. The van der Waals surface area contributed by atoms with Crippen molar-refractivity contribution in [2.75, 3.05) is 13.2 Å². The number of carbonyl (C=O) groups is 3. The largest absolute Gasteiger partial charge is 0.462 e. The zero-order chi connectivity index (χ0) is 47.9. The van der Waals surface area contributed by atoms with Crippen molar-refractivity contribution in [3.8, 4) is 0 Å². The van der Waals surface area contributed by atoms with E-state index in [1.54, 1.807) is 6.08 Å². The minimum Gasteiger partial charge on any atom is -0.462 e. The van der Waals surface area contributed by atoms with E-state index in [0.717, 1.165) is 70.6 Å². The first kappa shape index (κ1) is 63.1. The maximum absolute atomic E-state index is 12.7. The van der Waals surface area contributed by atoms with E-state index in [1.807, 2.05) is 6.08 Å². The molecule has 382 valence electrons. The summed E-state index contributed by atoms with van der Waals surface area (Å²) in [5, 5.41) is 0. The van der Waals surface area contributed by atoms with E-state index in [9.17, 15) is 14.4 Å². The molecule has 6 nitrogen and oxygen atoms in total. The molecule has 0 N–H and O–H groups in total. The number of hydrogen-bond acceptors (Lipinski definition) is 6. The fourth-order valence-electron chi connectivity index (χ4n) is 8.11. The highest BCUT2D eigenvalue weighted by Gasteiger charge is 2.19. The van der Waals surface area contributed by atoms with Gasteiger partial charge in [0.25, 0.3) is 0 Å². The summed E-state index contributed by atoms with van der Waals surface area (Å²) in [5.74, 6) is -1.03. The van der Waals surface area contributed by atoms with Gasteiger partial charge in [-0.1, -0.05) is 281 Å². The topological polar surface area (TPSA) is 78.9 Å². The standard InChI is InChI=1S/C60H106O6/c1-4-7-10-13-16-19-22-24-26-27-28-29-30-31-32-33-35-36-38-41-44-47-50-53-59(62)65-56-57(55-64-58(61)52-49-46-43-40-21-18-15-12-9-6-3)66-60(63)54-51-48-45-42-39-37-34-25-23-20-17-14-11-8-5-2/h8,11,17,20,25,34,39,42,48,51,57H,4-7,9-10,12-16,18-19,21-24,26-33,35-38,40-41,43-47,49-50,52-56H2,1-3H3/b11-8-,20-17-,34-25-,42-39-,51-48-. The average Bonchev–Trinajstić information content (AvgIpc) is 3.31. The Kier molecular flexibility index (Phi) is 52.3. The van der Waals surface area contributed by atoms with Crippen molar-refractivity contribution in [3.63, 3.8) is 0 Å². The van der Waals surface area contributed by atoms with E-state index in [-0.39, 0.29) is 31.6 Å². The second-order valence-corrected chi connectivity index (χ2v) is 18.9. The lowest BCUT2D eigenvalue weighted by molar-refractivity contribution is -0.166. The van der Waals surface area contributed by atoms with Gasteiger partial charge in [0.05, 0.1) is 6.42 Å². The van der Waals surface area contributed by atoms with E-state index >= 15 is 0 Å². The highest BCUT2D eigenvalue weighted by Crippen LogP contribution is 2.17. The third kappa shape index (κ3) is 52.1. The van der Waals surface area contributed by atoms with E-state index in [1.165, 1.54) is 173 Å². The molecule has 0 amide bonds. The Bertz CT molecular complexity index is 1200. The van der Waals surface area contributed by atoms with Crippen LogP contribution in [0.4, 0.5) is 0 Å². The van der Waals surface area contributed by atoms with Crippen LogP contribution in [-0.4, -0.2) is 37.2 Å². The Balaban J connectivity index is 4.30. The summed E-state index contributed by atoms with van der Waals surface area (Å²) in [6.45, 7) is 6.46. The summed E-state index contributed by atoms with van der Waals surface area (Å²) in [7, 11) is 0. The van der Waals surface area contributed by atoms with Gasteiger partial charge in [0.2, 0.25) is 0 Å². The van der Waals surface area contributed by atoms with Crippen LogP contribution in [0.25, 0.3) is 0 Å². The predicted molar refractivity (Wildman–Crippen MR) is 284 cm³/mol. The van der Waals surface area contributed by atoms with Crippen LogP contribution in [0.5, 0.6) is 0 Å². The lowest BCUT2D eigenvalue weighted by atomic mass is 10.0. The second-order valence-electron chi connectivity index (χ2n) is 18.9. The summed E-state index contributed by atoms with van der Waals surface area (Å²) in [5.41, 5.74) is 0. The van der Waals surface area contributed by atoms with Gasteiger partial charge in [0, 0.05) is 12.8 Å². The molecule has 1 unspecified atom stereocenters. The average molecular weight is 924 g/mol. The predicted octanol–water partition coefficient (Wildman–Crippen LogP) is 18.8. The maximum Gasteiger partial charge on any atom is 0.310 e. The molecule has 1 atom stereocenters. The van der Waals surface area contributed by atoms with Crippen LogP contribution in [-0.2, 0) is 28.6 Å². The van der Waals surface area contributed by atoms with Crippen LogP contribution in [0.2, 0.25) is 0 Å². The van der Waals surface area contributed by atoms with Crippen LogP contribution < -0.4 is 0 Å². The Hall–Kier alpha value is -2.89. The number of esters is 3. The zero-order valence-electron chi connectivity index (χ0n) is 43.7. The van der Waals surface area contributed by atoms with Gasteiger partial charge in [-0.15, -0.1) is 0 Å². The summed E-state index contributed by atoms with van der Waals surface area (Å²) < 4.78 is 16.7. The first-order valence-electron chi connectivity index (χ1n) is 28.3. The van der Waals surface area contributed by atoms with Crippen LogP contribution >= 0.6 is 0 Å². The number of unbranched alkanes of at least 4 members (excludes halogenated alkanes) is 31. The Morgan fingerprint density at radius 3 is 0.864 bits per heavy atom. The number of allylic oxidation sites excluding steroid dienone is 9. The monoisotopic (exact) mass is 923 g/mol. The number of rotatable bonds is 51. The van der Waals surface area contributed by atoms with Crippen molar-refractivity contribution < 1.29 is 28.6 Å². The van der Waals surface area contributed by atoms with Crippen LogP contribution in [0.1, 0.15) is 284 Å². The molecule has 0 rings (SSSR count). The van der Waals surface area contributed by atoms with Crippen molar-refractivity contribution in [1.82, 2.24) is 0 Å². The molecule has 0 fully saturated rings. The first-order valence-corrected chi connectivity index (χ1v) is 28.3. The molecule has 0 saturated heterocycles. The van der Waals surface area contributed by atoms with Gasteiger partial charge in [-0.2, -0.15) is 0 Å². The van der Waals surface area contributed by atoms with Gasteiger partial charge in [0.1, 0.15) is 13.2 Å². The molecule has 0 aliphatic carbocycles. The molecule has 0 heterocycles. The zero-order valence-corrected chi connectivity index (χ0v) is 43.7. The van der Waals surface area contributed by atoms with Crippen LogP contribution in [0.15, 0.2) is 60.8 Å². The minimum absolute atomic E-state index is 0.101. The molecule has 0 aliphatic heterocycles. The summed E-state index contributed by atoms with van der Waals surface area (Å²) in [6.07, 6.45) is 68.3. The van der Waals surface area contributed by atoms with Gasteiger partial charge in [-0.3, -0.25) is 14.4 Å². The Labute approximate surface area is 409 Å². The SMILES string of the molecule is CC/C=C\C/C=C\C/C=C\C/C=C\C/C=C\CC(=O)OC(COC(=O)CCCCCCCCCCCC)COC(=O)CCCCCCCCCCCCCCCCCCCCCCCCC. The molecule has 0 aliphatic rings. The minimum atomic E-state index is -0.824. The van der Waals surface area contributed by atoms with E-state index in [4.69, 9.17) is 14.2 Å². The van der Waals surface area contributed by atoms with E-state index in [2.05, 4.69) is 69.4 Å². The van der Waals surface area contributed by atoms with Crippen LogP contribution in [0, 0.1) is 0 Å². The third-order valence-corrected chi connectivity index (χ3v) is 12.3. The van der Waals surface area contributed by atoms with Gasteiger partial charge < -0.3 is 14.2 Å². The third-order valence-electron chi connectivity index (χ3n) is 12.3. The Morgan fingerprint density at radius 2 is 0.576 bits per heavy atom. The lowest BCUT2D eigenvalue weighted by Gasteiger charge is -2.18. The van der Waals surface area contributed by atoms with Crippen molar-refractivity contribution in [3.05, 3.63) is 60.8 Å². The Morgan fingerprint density at radius 1 is 0.318 bits per heavy atom. The highest BCUT2D eigenvalue weighted by atomic mass is 16.6. The maximum atomic E-state index is 12.7. The molecule has 0 aromatic heterocycles. The molecule has 0 saturated carbocycles. The quantitative estimate of drug-likeness (QED) is 0.0262. The van der Waals surface area contributed by atoms with Gasteiger partial charge in [-0.05, 0) is 44.9 Å². The molecule has 0 aromatic carbocycles. The van der Waals surface area contributed by atoms with Crippen molar-refractivity contribution in [1.29, 1.82) is 0 Å². The summed E-state index contributed by atoms with van der Waals surface area (Å²) in [6, 6.07) is 0. The molecule has 0 bridgehead atoms. The normalized spacial score (nSPS) is 12.5. The summed E-state index contributed by atoms with van der Waals surface area (Å²) in [4.78, 5) is 37.9. The second kappa shape index (κ2) is 54.7. The molecular weight excluding hydrogens is 817 g/mol. The molecule has 66 heavy (non-hydrogen) atoms. The highest BCUT2D eigenvalue weighted by molar-refractivity contribution is 5.72. The van der Waals surface area contributed by atoms with Gasteiger partial charge in [0.15, 0.2) is 6.10 Å². The van der Waals surface area contributed by atoms with Crippen molar-refractivity contribution in [2.24, 2.45) is 0 Å². The molecule has 0 radical (unpaired) electrons.